The number of halogens is 3. The van der Waals surface area contributed by atoms with Gasteiger partial charge in [-0.2, -0.15) is 8.78 Å². The molecule has 0 aromatic heterocycles. The second kappa shape index (κ2) is 5.78. The van der Waals surface area contributed by atoms with Crippen molar-refractivity contribution in [1.82, 2.24) is 0 Å². The van der Waals surface area contributed by atoms with E-state index in [0.717, 1.165) is 6.07 Å². The lowest BCUT2D eigenvalue weighted by atomic mass is 9.96. The largest absolute Gasteiger partial charge is 0.432 e. The van der Waals surface area contributed by atoms with Gasteiger partial charge in [0.2, 0.25) is 0 Å². The van der Waals surface area contributed by atoms with Crippen molar-refractivity contribution in [3.05, 3.63) is 17.9 Å². The molecule has 0 radical (unpaired) electrons. The van der Waals surface area contributed by atoms with Crippen LogP contribution in [0.25, 0.3) is 0 Å². The van der Waals surface area contributed by atoms with Crippen LogP contribution in [0.3, 0.4) is 0 Å². The Hall–Kier alpha value is -1.63. The SMILES string of the molecule is CC1CN(c2cc(OC(F)F)c(F)cc2N)CCC1O. The molecule has 112 valence electrons. The summed E-state index contributed by atoms with van der Waals surface area (Å²) in [6.45, 7) is -0.170. The van der Waals surface area contributed by atoms with Crippen molar-refractivity contribution in [3.63, 3.8) is 0 Å². The lowest BCUT2D eigenvalue weighted by molar-refractivity contribution is -0.0521. The number of anilines is 2. The third-order valence-corrected chi connectivity index (χ3v) is 3.50. The topological polar surface area (TPSA) is 58.7 Å². The number of hydrogen-bond donors (Lipinski definition) is 2. The van der Waals surface area contributed by atoms with E-state index in [2.05, 4.69) is 4.74 Å². The molecular weight excluding hydrogens is 273 g/mol. The average molecular weight is 290 g/mol. The molecule has 7 heteroatoms. The van der Waals surface area contributed by atoms with Crippen molar-refractivity contribution >= 4 is 11.4 Å². The van der Waals surface area contributed by atoms with Crippen molar-refractivity contribution in [2.45, 2.75) is 26.1 Å². The van der Waals surface area contributed by atoms with Crippen molar-refractivity contribution in [2.75, 3.05) is 23.7 Å². The average Bonchev–Trinajstić information content (AvgIpc) is 2.36. The minimum Gasteiger partial charge on any atom is -0.432 e. The lowest BCUT2D eigenvalue weighted by Crippen LogP contribution is -2.42. The standard InChI is InChI=1S/C13H17F3N2O2/c1-7-6-18(3-2-11(7)19)10-5-12(20-13(15)16)8(14)4-9(10)17/h4-5,7,11,13,19H,2-3,6,17H2,1H3. The van der Waals surface area contributed by atoms with Crippen LogP contribution >= 0.6 is 0 Å². The van der Waals surface area contributed by atoms with E-state index in [9.17, 15) is 18.3 Å². The van der Waals surface area contributed by atoms with E-state index in [4.69, 9.17) is 5.73 Å². The molecule has 1 aromatic carbocycles. The summed E-state index contributed by atoms with van der Waals surface area (Å²) in [6, 6.07) is 2.16. The first-order valence-corrected chi connectivity index (χ1v) is 6.35. The van der Waals surface area contributed by atoms with Crippen molar-refractivity contribution in [1.29, 1.82) is 0 Å². The molecule has 2 rings (SSSR count). The van der Waals surface area contributed by atoms with Crippen LogP contribution in [0.1, 0.15) is 13.3 Å². The molecule has 2 unspecified atom stereocenters. The first kappa shape index (κ1) is 14.8. The molecule has 1 saturated heterocycles. The van der Waals surface area contributed by atoms with Gasteiger partial charge in [0, 0.05) is 25.2 Å². The van der Waals surface area contributed by atoms with Crippen molar-refractivity contribution in [2.24, 2.45) is 5.92 Å². The third-order valence-electron chi connectivity index (χ3n) is 3.50. The fourth-order valence-corrected chi connectivity index (χ4v) is 2.37. The maximum absolute atomic E-state index is 13.5. The van der Waals surface area contributed by atoms with E-state index in [1.54, 1.807) is 0 Å². The molecule has 3 N–H and O–H groups in total. The highest BCUT2D eigenvalue weighted by molar-refractivity contribution is 5.70. The normalized spacial score (nSPS) is 23.2. The number of nitrogens with two attached hydrogens (primary N) is 1. The Labute approximate surface area is 114 Å². The summed E-state index contributed by atoms with van der Waals surface area (Å²) in [5.41, 5.74) is 6.35. The van der Waals surface area contributed by atoms with Crippen molar-refractivity contribution in [3.8, 4) is 5.75 Å². The van der Waals surface area contributed by atoms with Gasteiger partial charge in [-0.1, -0.05) is 6.92 Å². The summed E-state index contributed by atoms with van der Waals surface area (Å²) in [5, 5.41) is 9.69. The maximum Gasteiger partial charge on any atom is 0.387 e. The first-order valence-electron chi connectivity index (χ1n) is 6.35. The van der Waals surface area contributed by atoms with Gasteiger partial charge in [0.05, 0.1) is 17.5 Å². The third kappa shape index (κ3) is 3.09. The number of aliphatic hydroxyl groups excluding tert-OH is 1. The first-order chi connectivity index (χ1) is 9.38. The Balaban J connectivity index is 2.27. The highest BCUT2D eigenvalue weighted by Crippen LogP contribution is 2.34. The molecular formula is C13H17F3N2O2. The second-order valence-electron chi connectivity index (χ2n) is 5.00. The van der Waals surface area contributed by atoms with Gasteiger partial charge >= 0.3 is 6.61 Å². The van der Waals surface area contributed by atoms with E-state index in [0.29, 0.717) is 25.2 Å². The quantitative estimate of drug-likeness (QED) is 0.838. The van der Waals surface area contributed by atoms with Gasteiger partial charge in [0.1, 0.15) is 0 Å². The molecule has 0 bridgehead atoms. The van der Waals surface area contributed by atoms with Gasteiger partial charge in [-0.15, -0.1) is 0 Å². The zero-order valence-corrected chi connectivity index (χ0v) is 11.0. The molecule has 0 spiro atoms. The van der Waals surface area contributed by atoms with Crippen LogP contribution in [0.4, 0.5) is 24.5 Å². The number of piperidine rings is 1. The molecule has 1 aliphatic heterocycles. The van der Waals surface area contributed by atoms with Gasteiger partial charge in [0.25, 0.3) is 0 Å². The summed E-state index contributed by atoms with van der Waals surface area (Å²) >= 11 is 0. The second-order valence-corrected chi connectivity index (χ2v) is 5.00. The molecule has 1 heterocycles. The minimum atomic E-state index is -3.09. The summed E-state index contributed by atoms with van der Waals surface area (Å²) in [7, 11) is 0. The molecule has 1 aliphatic rings. The predicted molar refractivity (Wildman–Crippen MR) is 69.4 cm³/mol. The lowest BCUT2D eigenvalue weighted by Gasteiger charge is -2.36. The van der Waals surface area contributed by atoms with Crippen LogP contribution in [-0.2, 0) is 0 Å². The number of aliphatic hydroxyl groups is 1. The molecule has 0 amide bonds. The number of nitrogen functional groups attached to an aromatic ring is 1. The van der Waals surface area contributed by atoms with E-state index >= 15 is 0 Å². The van der Waals surface area contributed by atoms with Crippen LogP contribution < -0.4 is 15.4 Å². The number of rotatable bonds is 3. The van der Waals surface area contributed by atoms with Crippen LogP contribution in [0, 0.1) is 11.7 Å². The number of benzene rings is 1. The van der Waals surface area contributed by atoms with E-state index in [1.165, 1.54) is 6.07 Å². The van der Waals surface area contributed by atoms with Crippen LogP contribution in [0.2, 0.25) is 0 Å². The molecule has 4 nitrogen and oxygen atoms in total. The van der Waals surface area contributed by atoms with Crippen LogP contribution in [-0.4, -0.2) is 30.9 Å². The Bertz CT molecular complexity index is 485. The highest BCUT2D eigenvalue weighted by Gasteiger charge is 2.26. The molecule has 20 heavy (non-hydrogen) atoms. The molecule has 2 atom stereocenters. The fraction of sp³-hybridized carbons (Fsp3) is 0.538. The molecule has 1 fully saturated rings. The van der Waals surface area contributed by atoms with Gasteiger partial charge in [-0.3, -0.25) is 0 Å². The summed E-state index contributed by atoms with van der Waals surface area (Å²) in [6.07, 6.45) is 0.146. The zero-order valence-electron chi connectivity index (χ0n) is 11.0. The van der Waals surface area contributed by atoms with Crippen LogP contribution in [0.15, 0.2) is 12.1 Å². The van der Waals surface area contributed by atoms with E-state index in [-0.39, 0.29) is 11.6 Å². The van der Waals surface area contributed by atoms with Crippen molar-refractivity contribution < 1.29 is 23.0 Å². The smallest absolute Gasteiger partial charge is 0.387 e. The van der Waals surface area contributed by atoms with Crippen LogP contribution in [0.5, 0.6) is 5.75 Å². The molecule has 0 aliphatic carbocycles. The van der Waals surface area contributed by atoms with Gasteiger partial charge in [0.15, 0.2) is 11.6 Å². The zero-order chi connectivity index (χ0) is 14.9. The fourth-order valence-electron chi connectivity index (χ4n) is 2.37. The predicted octanol–water partition coefficient (Wildman–Crippen LogP) is 2.22. The Morgan fingerprint density at radius 3 is 2.75 bits per heavy atom. The van der Waals surface area contributed by atoms with Gasteiger partial charge < -0.3 is 20.5 Å². The van der Waals surface area contributed by atoms with Gasteiger partial charge in [-0.25, -0.2) is 4.39 Å². The Morgan fingerprint density at radius 2 is 2.15 bits per heavy atom. The minimum absolute atomic E-state index is 0.0210. The van der Waals surface area contributed by atoms with E-state index < -0.39 is 24.3 Å². The maximum atomic E-state index is 13.5. The highest BCUT2D eigenvalue weighted by atomic mass is 19.3. The number of nitrogens with zero attached hydrogens (tertiary/aromatic N) is 1. The number of ether oxygens (including phenoxy) is 1. The summed E-state index contributed by atoms with van der Waals surface area (Å²) < 4.78 is 42.1. The molecule has 0 saturated carbocycles. The number of hydrogen-bond acceptors (Lipinski definition) is 4. The van der Waals surface area contributed by atoms with Gasteiger partial charge in [-0.05, 0) is 12.3 Å². The number of alkyl halides is 2. The summed E-state index contributed by atoms with van der Waals surface area (Å²) in [5.74, 6) is -1.42. The summed E-state index contributed by atoms with van der Waals surface area (Å²) in [4.78, 5) is 1.84. The van der Waals surface area contributed by atoms with E-state index in [1.807, 2.05) is 11.8 Å². The Kier molecular flexibility index (Phi) is 4.27. The monoisotopic (exact) mass is 290 g/mol. The molecule has 1 aromatic rings. The Morgan fingerprint density at radius 1 is 1.45 bits per heavy atom.